The van der Waals surface area contributed by atoms with Crippen LogP contribution in [0.3, 0.4) is 0 Å². The van der Waals surface area contributed by atoms with Gasteiger partial charge in [-0.3, -0.25) is 0 Å². The molecule has 1 aliphatic rings. The first-order chi connectivity index (χ1) is 13.1. The molecule has 0 spiro atoms. The van der Waals surface area contributed by atoms with Crippen LogP contribution in [0.1, 0.15) is 11.1 Å². The Morgan fingerprint density at radius 2 is 1.21 bits per heavy atom. The molecule has 10 heteroatoms. The number of amidine groups is 2. The first kappa shape index (κ1) is 19.7. The van der Waals surface area contributed by atoms with Crippen LogP contribution >= 0.6 is 0 Å². The molecular weight excluding hydrogens is 388 g/mol. The number of nitrogens with one attached hydrogen (secondary N) is 1. The lowest BCUT2D eigenvalue weighted by atomic mass is 10.1. The van der Waals surface area contributed by atoms with Crippen LogP contribution in [0.5, 0.6) is 5.75 Å². The Balaban J connectivity index is 2.21. The SMILES string of the molecule is COc1ccc(C2=NC(C(F)(F)F)(C(F)(F)F)N=C(c3ccccc3)N2)cc1. The van der Waals surface area contributed by atoms with Crippen molar-refractivity contribution in [2.75, 3.05) is 7.11 Å². The molecule has 0 aliphatic carbocycles. The van der Waals surface area contributed by atoms with Crippen molar-refractivity contribution >= 4 is 11.7 Å². The van der Waals surface area contributed by atoms with Crippen LogP contribution < -0.4 is 10.1 Å². The average molecular weight is 401 g/mol. The van der Waals surface area contributed by atoms with Crippen LogP contribution in [0.25, 0.3) is 0 Å². The van der Waals surface area contributed by atoms with E-state index in [2.05, 4.69) is 15.3 Å². The molecule has 0 unspecified atom stereocenters. The summed E-state index contributed by atoms with van der Waals surface area (Å²) in [6.45, 7) is 0. The smallest absolute Gasteiger partial charge is 0.443 e. The lowest BCUT2D eigenvalue weighted by Gasteiger charge is -2.34. The van der Waals surface area contributed by atoms with E-state index in [0.29, 0.717) is 5.75 Å². The van der Waals surface area contributed by atoms with Crippen molar-refractivity contribution in [1.29, 1.82) is 0 Å². The minimum atomic E-state index is -5.80. The molecule has 28 heavy (non-hydrogen) atoms. The maximum atomic E-state index is 13.6. The second kappa shape index (κ2) is 6.84. The van der Waals surface area contributed by atoms with Crippen molar-refractivity contribution in [3.05, 3.63) is 65.7 Å². The van der Waals surface area contributed by atoms with E-state index in [1.165, 1.54) is 55.6 Å². The predicted octanol–water partition coefficient (Wildman–Crippen LogP) is 4.31. The number of methoxy groups -OCH3 is 1. The molecule has 0 aromatic heterocycles. The first-order valence-electron chi connectivity index (χ1n) is 7.87. The van der Waals surface area contributed by atoms with Gasteiger partial charge in [-0.15, -0.1) is 0 Å². The second-order valence-electron chi connectivity index (χ2n) is 5.81. The van der Waals surface area contributed by atoms with Gasteiger partial charge in [-0.05, 0) is 24.3 Å². The molecule has 1 heterocycles. The fourth-order valence-corrected chi connectivity index (χ4v) is 2.55. The van der Waals surface area contributed by atoms with Crippen molar-refractivity contribution in [3.63, 3.8) is 0 Å². The topological polar surface area (TPSA) is 46.0 Å². The Morgan fingerprint density at radius 3 is 1.64 bits per heavy atom. The Kier molecular flexibility index (Phi) is 4.82. The fraction of sp³-hybridized carbons (Fsp3) is 0.222. The summed E-state index contributed by atoms with van der Waals surface area (Å²) in [6.07, 6.45) is -11.6. The summed E-state index contributed by atoms with van der Waals surface area (Å²) in [5.41, 5.74) is -4.55. The van der Waals surface area contributed by atoms with Gasteiger partial charge in [-0.1, -0.05) is 30.3 Å². The molecule has 0 atom stereocenters. The number of hydrogen-bond acceptors (Lipinski definition) is 4. The summed E-state index contributed by atoms with van der Waals surface area (Å²) in [5, 5.41) is 2.48. The summed E-state index contributed by atoms with van der Waals surface area (Å²) in [5.74, 6) is -0.808. The third-order valence-corrected chi connectivity index (χ3v) is 3.99. The summed E-state index contributed by atoms with van der Waals surface area (Å²) in [6, 6.07) is 12.6. The maximum absolute atomic E-state index is 13.6. The molecule has 1 N–H and O–H groups in total. The van der Waals surface area contributed by atoms with Crippen LogP contribution in [0.4, 0.5) is 26.3 Å². The second-order valence-corrected chi connectivity index (χ2v) is 5.81. The zero-order chi connectivity index (χ0) is 20.6. The standard InChI is InChI=1S/C18H13F6N3O/c1-28-13-9-7-12(8-10-13)15-25-14(11-5-3-2-4-6-11)26-16(27-15,17(19,20)21)18(22,23)24/h2-10H,1H3,(H,25,26,27). The number of rotatable bonds is 3. The van der Waals surface area contributed by atoms with E-state index in [1.54, 1.807) is 6.07 Å². The van der Waals surface area contributed by atoms with Crippen LogP contribution in [-0.4, -0.2) is 36.8 Å². The molecule has 1 aliphatic heterocycles. The van der Waals surface area contributed by atoms with Crippen molar-refractivity contribution in [1.82, 2.24) is 5.32 Å². The quantitative estimate of drug-likeness (QED) is 0.779. The minimum absolute atomic E-state index is 0.0157. The molecule has 0 amide bonds. The largest absolute Gasteiger partial charge is 0.497 e. The van der Waals surface area contributed by atoms with E-state index >= 15 is 0 Å². The highest BCUT2D eigenvalue weighted by atomic mass is 19.4. The summed E-state index contributed by atoms with van der Waals surface area (Å²) in [7, 11) is 1.38. The van der Waals surface area contributed by atoms with Gasteiger partial charge in [0, 0.05) is 11.1 Å². The predicted molar refractivity (Wildman–Crippen MR) is 90.5 cm³/mol. The van der Waals surface area contributed by atoms with Crippen LogP contribution in [0.15, 0.2) is 64.6 Å². The number of alkyl halides is 6. The molecule has 2 aromatic rings. The fourth-order valence-electron chi connectivity index (χ4n) is 2.55. The first-order valence-corrected chi connectivity index (χ1v) is 7.87. The molecule has 3 rings (SSSR count). The van der Waals surface area contributed by atoms with Gasteiger partial charge >= 0.3 is 18.0 Å². The Hall–Kier alpha value is -3.04. The highest BCUT2D eigenvalue weighted by Crippen LogP contribution is 2.48. The highest BCUT2D eigenvalue weighted by Gasteiger charge is 2.73. The van der Waals surface area contributed by atoms with Crippen molar-refractivity contribution in [2.45, 2.75) is 18.0 Å². The molecule has 2 aromatic carbocycles. The Labute approximate surface area is 155 Å². The number of benzene rings is 2. The summed E-state index contributed by atoms with van der Waals surface area (Å²) < 4.78 is 86.6. The number of hydrogen-bond donors (Lipinski definition) is 1. The van der Waals surface area contributed by atoms with Crippen LogP contribution in [0.2, 0.25) is 0 Å². The van der Waals surface area contributed by atoms with Gasteiger partial charge in [0.1, 0.15) is 17.4 Å². The Morgan fingerprint density at radius 1 is 0.750 bits per heavy atom. The van der Waals surface area contributed by atoms with Gasteiger partial charge in [-0.2, -0.15) is 26.3 Å². The summed E-state index contributed by atoms with van der Waals surface area (Å²) in [4.78, 5) is 5.96. The molecule has 0 radical (unpaired) electrons. The third-order valence-electron chi connectivity index (χ3n) is 3.99. The average Bonchev–Trinajstić information content (AvgIpc) is 2.66. The number of nitrogens with zero attached hydrogens (tertiary/aromatic N) is 2. The van der Waals surface area contributed by atoms with Gasteiger partial charge < -0.3 is 10.1 Å². The number of ether oxygens (including phenoxy) is 1. The summed E-state index contributed by atoms with van der Waals surface area (Å²) >= 11 is 0. The lowest BCUT2D eigenvalue weighted by Crippen LogP contribution is -2.59. The molecular formula is C18H13F6N3O. The molecule has 148 valence electrons. The minimum Gasteiger partial charge on any atom is -0.497 e. The van der Waals surface area contributed by atoms with Gasteiger partial charge in [-0.25, -0.2) is 9.98 Å². The molecule has 0 bridgehead atoms. The maximum Gasteiger partial charge on any atom is 0.443 e. The Bertz CT molecular complexity index is 888. The van der Waals surface area contributed by atoms with E-state index in [4.69, 9.17) is 4.74 Å². The van der Waals surface area contributed by atoms with E-state index in [0.717, 1.165) is 0 Å². The van der Waals surface area contributed by atoms with Crippen molar-refractivity contribution in [3.8, 4) is 5.75 Å². The van der Waals surface area contributed by atoms with Crippen molar-refractivity contribution < 1.29 is 31.1 Å². The third kappa shape index (κ3) is 3.41. The normalized spacial score (nSPS) is 16.7. The van der Waals surface area contributed by atoms with E-state index in [1.807, 2.05) is 0 Å². The monoisotopic (exact) mass is 401 g/mol. The highest BCUT2D eigenvalue weighted by molar-refractivity contribution is 6.16. The van der Waals surface area contributed by atoms with E-state index in [9.17, 15) is 26.3 Å². The van der Waals surface area contributed by atoms with Crippen molar-refractivity contribution in [2.24, 2.45) is 9.98 Å². The lowest BCUT2D eigenvalue weighted by molar-refractivity contribution is -0.292. The number of aliphatic imine (C=N–C) groups is 2. The van der Waals surface area contributed by atoms with Gasteiger partial charge in [0.05, 0.1) is 7.11 Å². The van der Waals surface area contributed by atoms with E-state index < -0.39 is 29.7 Å². The zero-order valence-corrected chi connectivity index (χ0v) is 14.3. The molecule has 0 fully saturated rings. The molecule has 0 saturated heterocycles. The molecule has 4 nitrogen and oxygen atoms in total. The van der Waals surface area contributed by atoms with Gasteiger partial charge in [0.2, 0.25) is 0 Å². The molecule has 0 saturated carbocycles. The van der Waals surface area contributed by atoms with Crippen LogP contribution in [-0.2, 0) is 0 Å². The van der Waals surface area contributed by atoms with Gasteiger partial charge in [0.15, 0.2) is 0 Å². The number of halogens is 6. The van der Waals surface area contributed by atoms with E-state index in [-0.39, 0.29) is 11.1 Å². The van der Waals surface area contributed by atoms with Gasteiger partial charge in [0.25, 0.3) is 0 Å². The zero-order valence-electron chi connectivity index (χ0n) is 14.3. The van der Waals surface area contributed by atoms with Crippen LogP contribution in [0, 0.1) is 0 Å².